The van der Waals surface area contributed by atoms with Gasteiger partial charge >= 0.3 is 5.97 Å². The number of carboxylic acids is 1. The van der Waals surface area contributed by atoms with Crippen LogP contribution in [0.1, 0.15) is 17.2 Å². The summed E-state index contributed by atoms with van der Waals surface area (Å²) in [6.07, 6.45) is 2.37. The molecule has 0 spiro atoms. The van der Waals surface area contributed by atoms with E-state index in [0.29, 0.717) is 0 Å². The van der Waals surface area contributed by atoms with Gasteiger partial charge in [-0.25, -0.2) is 0 Å². The average Bonchev–Trinajstić information content (AvgIpc) is 2.70. The van der Waals surface area contributed by atoms with Crippen LogP contribution in [0, 0.1) is 5.92 Å². The summed E-state index contributed by atoms with van der Waals surface area (Å²) in [5.74, 6) is -0.335. The van der Waals surface area contributed by atoms with Crippen LogP contribution >= 0.6 is 0 Å². The fraction of sp³-hybridized carbons (Fsp3) is 0.556. The lowest BCUT2D eigenvalue weighted by Crippen LogP contribution is -2.35. The van der Waals surface area contributed by atoms with Crippen molar-refractivity contribution in [3.63, 3.8) is 0 Å². The minimum Gasteiger partial charge on any atom is -0.480 e. The Labute approximate surface area is 80.1 Å². The third kappa shape index (κ3) is 0.874. The van der Waals surface area contributed by atoms with Crippen molar-refractivity contribution >= 4 is 5.97 Å². The summed E-state index contributed by atoms with van der Waals surface area (Å²) in [5, 5.41) is 15.9. The molecule has 2 aliphatic rings. The molecule has 0 aromatic carbocycles. The predicted molar refractivity (Wildman–Crippen MR) is 45.9 cm³/mol. The Morgan fingerprint density at radius 3 is 3.36 bits per heavy atom. The summed E-state index contributed by atoms with van der Waals surface area (Å²) >= 11 is 0. The topological polar surface area (TPSA) is 75.4 Å². The SMILES string of the molecule is O=C(O)C1NCC2c3conc3CC12. The average molecular weight is 194 g/mol. The largest absolute Gasteiger partial charge is 0.480 e. The summed E-state index contributed by atoms with van der Waals surface area (Å²) in [5.41, 5.74) is 2.03. The molecule has 3 atom stereocenters. The monoisotopic (exact) mass is 194 g/mol. The molecule has 1 aromatic heterocycles. The Hall–Kier alpha value is -1.36. The lowest BCUT2D eigenvalue weighted by Gasteiger charge is -2.12. The fourth-order valence-electron chi connectivity index (χ4n) is 2.61. The first-order chi connectivity index (χ1) is 6.77. The highest BCUT2D eigenvalue weighted by atomic mass is 16.5. The van der Waals surface area contributed by atoms with E-state index in [9.17, 15) is 4.79 Å². The van der Waals surface area contributed by atoms with E-state index < -0.39 is 12.0 Å². The first-order valence-electron chi connectivity index (χ1n) is 4.66. The van der Waals surface area contributed by atoms with E-state index in [4.69, 9.17) is 9.63 Å². The molecule has 0 saturated carbocycles. The van der Waals surface area contributed by atoms with E-state index in [1.165, 1.54) is 0 Å². The minimum absolute atomic E-state index is 0.154. The summed E-state index contributed by atoms with van der Waals surface area (Å²) in [6, 6.07) is -0.422. The predicted octanol–water partition coefficient (Wildman–Crippen LogP) is -0.0131. The Morgan fingerprint density at radius 2 is 2.57 bits per heavy atom. The van der Waals surface area contributed by atoms with Crippen LogP contribution in [0.2, 0.25) is 0 Å². The molecule has 5 heteroatoms. The number of fused-ring (bicyclic) bond motifs is 3. The van der Waals surface area contributed by atoms with Crippen LogP contribution in [0.4, 0.5) is 0 Å². The Balaban J connectivity index is 1.94. The van der Waals surface area contributed by atoms with Crippen LogP contribution in [0.25, 0.3) is 0 Å². The Morgan fingerprint density at radius 1 is 1.71 bits per heavy atom. The van der Waals surface area contributed by atoms with Crippen LogP contribution in [-0.4, -0.2) is 28.8 Å². The highest BCUT2D eigenvalue weighted by Gasteiger charge is 2.47. The van der Waals surface area contributed by atoms with Crippen molar-refractivity contribution in [1.82, 2.24) is 10.5 Å². The number of nitrogens with zero attached hydrogens (tertiary/aromatic N) is 1. The smallest absolute Gasteiger partial charge is 0.321 e. The molecule has 3 unspecified atom stereocenters. The molecule has 74 valence electrons. The second-order valence-electron chi connectivity index (χ2n) is 3.92. The van der Waals surface area contributed by atoms with Gasteiger partial charge in [0, 0.05) is 18.0 Å². The molecule has 1 aliphatic carbocycles. The van der Waals surface area contributed by atoms with Crippen molar-refractivity contribution < 1.29 is 14.4 Å². The summed E-state index contributed by atoms with van der Waals surface area (Å²) < 4.78 is 4.87. The summed E-state index contributed by atoms with van der Waals surface area (Å²) in [4.78, 5) is 10.9. The van der Waals surface area contributed by atoms with Gasteiger partial charge < -0.3 is 14.9 Å². The molecule has 1 fully saturated rings. The maximum absolute atomic E-state index is 10.9. The van der Waals surface area contributed by atoms with Gasteiger partial charge in [-0.1, -0.05) is 5.16 Å². The van der Waals surface area contributed by atoms with Crippen LogP contribution in [0.15, 0.2) is 10.8 Å². The van der Waals surface area contributed by atoms with E-state index in [2.05, 4.69) is 10.5 Å². The van der Waals surface area contributed by atoms with Crippen molar-refractivity contribution in [3.05, 3.63) is 17.5 Å². The third-order valence-electron chi connectivity index (χ3n) is 3.27. The Bertz CT molecular complexity index is 387. The molecule has 5 nitrogen and oxygen atoms in total. The van der Waals surface area contributed by atoms with Gasteiger partial charge in [0.25, 0.3) is 0 Å². The fourth-order valence-corrected chi connectivity index (χ4v) is 2.61. The van der Waals surface area contributed by atoms with Gasteiger partial charge in [-0.3, -0.25) is 4.79 Å². The number of carbonyl (C=O) groups is 1. The van der Waals surface area contributed by atoms with Crippen molar-refractivity contribution in [2.24, 2.45) is 5.92 Å². The minimum atomic E-state index is -0.764. The van der Waals surface area contributed by atoms with E-state index in [0.717, 1.165) is 24.2 Å². The lowest BCUT2D eigenvalue weighted by atomic mass is 9.92. The van der Waals surface area contributed by atoms with Crippen molar-refractivity contribution in [3.8, 4) is 0 Å². The van der Waals surface area contributed by atoms with E-state index in [1.54, 1.807) is 6.26 Å². The van der Waals surface area contributed by atoms with Gasteiger partial charge in [-0.05, 0) is 12.3 Å². The van der Waals surface area contributed by atoms with Crippen molar-refractivity contribution in [1.29, 1.82) is 0 Å². The highest BCUT2D eigenvalue weighted by molar-refractivity contribution is 5.75. The van der Waals surface area contributed by atoms with Crippen LogP contribution in [-0.2, 0) is 11.2 Å². The van der Waals surface area contributed by atoms with Crippen molar-refractivity contribution in [2.75, 3.05) is 6.54 Å². The molecule has 0 amide bonds. The molecule has 0 radical (unpaired) electrons. The quantitative estimate of drug-likeness (QED) is 0.657. The second kappa shape index (κ2) is 2.57. The standard InChI is InChI=1S/C9H10N2O3/c12-9(13)8-4-1-7-6(3-14-11-7)5(4)2-10-8/h3-5,8,10H,1-2H2,(H,12,13). The third-order valence-corrected chi connectivity index (χ3v) is 3.27. The molecule has 1 aliphatic heterocycles. The summed E-state index contributed by atoms with van der Waals surface area (Å²) in [6.45, 7) is 0.718. The van der Waals surface area contributed by atoms with Crippen LogP contribution in [0.5, 0.6) is 0 Å². The zero-order valence-corrected chi connectivity index (χ0v) is 7.43. The number of aromatic nitrogens is 1. The van der Waals surface area contributed by atoms with E-state index in [-0.39, 0.29) is 11.8 Å². The molecule has 1 aromatic rings. The molecule has 3 rings (SSSR count). The molecular formula is C9H10N2O3. The van der Waals surface area contributed by atoms with Gasteiger partial charge in [-0.15, -0.1) is 0 Å². The molecular weight excluding hydrogens is 184 g/mol. The molecule has 1 saturated heterocycles. The van der Waals surface area contributed by atoms with Gasteiger partial charge in [0.2, 0.25) is 0 Å². The molecule has 2 N–H and O–H groups in total. The normalized spacial score (nSPS) is 34.1. The summed E-state index contributed by atoms with van der Waals surface area (Å²) in [7, 11) is 0. The number of nitrogens with one attached hydrogen (secondary N) is 1. The number of hydrogen-bond acceptors (Lipinski definition) is 4. The number of carboxylic acid groups (broad SMARTS) is 1. The van der Waals surface area contributed by atoms with Crippen LogP contribution < -0.4 is 5.32 Å². The second-order valence-corrected chi connectivity index (χ2v) is 3.92. The van der Waals surface area contributed by atoms with E-state index in [1.807, 2.05) is 0 Å². The molecule has 0 bridgehead atoms. The zero-order chi connectivity index (χ0) is 9.71. The Kier molecular flexibility index (Phi) is 1.47. The first-order valence-corrected chi connectivity index (χ1v) is 4.66. The maximum atomic E-state index is 10.9. The maximum Gasteiger partial charge on any atom is 0.321 e. The number of hydrogen-bond donors (Lipinski definition) is 2. The lowest BCUT2D eigenvalue weighted by molar-refractivity contribution is -0.140. The van der Waals surface area contributed by atoms with E-state index >= 15 is 0 Å². The number of rotatable bonds is 1. The zero-order valence-electron chi connectivity index (χ0n) is 7.43. The highest BCUT2D eigenvalue weighted by Crippen LogP contribution is 2.42. The van der Waals surface area contributed by atoms with Gasteiger partial charge in [-0.2, -0.15) is 0 Å². The molecule has 14 heavy (non-hydrogen) atoms. The van der Waals surface area contributed by atoms with Crippen molar-refractivity contribution in [2.45, 2.75) is 18.4 Å². The van der Waals surface area contributed by atoms with Gasteiger partial charge in [0.1, 0.15) is 12.3 Å². The number of aliphatic carboxylic acids is 1. The van der Waals surface area contributed by atoms with Gasteiger partial charge in [0.05, 0.1) is 5.69 Å². The van der Waals surface area contributed by atoms with Crippen LogP contribution in [0.3, 0.4) is 0 Å². The first kappa shape index (κ1) is 7.99. The molecule has 2 heterocycles. The van der Waals surface area contributed by atoms with Gasteiger partial charge in [0.15, 0.2) is 0 Å².